The number of benzene rings is 1. The van der Waals surface area contributed by atoms with Crippen molar-refractivity contribution < 1.29 is 9.18 Å². The van der Waals surface area contributed by atoms with E-state index in [2.05, 4.69) is 5.32 Å². The molecule has 0 radical (unpaired) electrons. The lowest BCUT2D eigenvalue weighted by Crippen LogP contribution is -2.55. The molecule has 0 aliphatic heterocycles. The molecule has 1 aromatic rings. The van der Waals surface area contributed by atoms with Gasteiger partial charge in [0.2, 0.25) is 5.91 Å². The molecule has 0 bridgehead atoms. The van der Waals surface area contributed by atoms with E-state index in [-0.39, 0.29) is 22.7 Å². The number of nitrogens with two attached hydrogens (primary N) is 1. The van der Waals surface area contributed by atoms with Crippen LogP contribution in [0.4, 0.5) is 4.39 Å². The maximum absolute atomic E-state index is 13.3. The number of carbonyl (C=O) groups excluding carboxylic acids is 1. The molecule has 2 atom stereocenters. The van der Waals surface area contributed by atoms with Crippen molar-refractivity contribution in [1.29, 1.82) is 0 Å². The number of rotatable bonds is 4. The molecular weight excluding hydrogens is 255 g/mol. The molecule has 3 N–H and O–H groups in total. The molecule has 0 heterocycles. The topological polar surface area (TPSA) is 55.1 Å². The van der Waals surface area contributed by atoms with Crippen LogP contribution in [0.3, 0.4) is 0 Å². The van der Waals surface area contributed by atoms with E-state index < -0.39 is 5.54 Å². The molecule has 0 unspecified atom stereocenters. The molecule has 3 nitrogen and oxygen atoms in total. The van der Waals surface area contributed by atoms with E-state index in [0.29, 0.717) is 12.8 Å². The SMILES string of the molecule is CC(C)(C)N[C@@]1(C(N)=O)C[C@]1(C)Cc1cccc(F)c1. The van der Waals surface area contributed by atoms with Crippen LogP contribution in [0.25, 0.3) is 0 Å². The fraction of sp³-hybridized carbons (Fsp3) is 0.562. The van der Waals surface area contributed by atoms with Gasteiger partial charge < -0.3 is 5.73 Å². The van der Waals surface area contributed by atoms with Gasteiger partial charge in [-0.1, -0.05) is 19.1 Å². The summed E-state index contributed by atoms with van der Waals surface area (Å²) in [6, 6.07) is 6.52. The van der Waals surface area contributed by atoms with Crippen molar-refractivity contribution in [2.75, 3.05) is 0 Å². The molecule has 1 aromatic carbocycles. The molecule has 2 rings (SSSR count). The van der Waals surface area contributed by atoms with E-state index in [4.69, 9.17) is 5.73 Å². The summed E-state index contributed by atoms with van der Waals surface area (Å²) >= 11 is 0. The second-order valence-corrected chi connectivity index (χ2v) is 7.19. The lowest BCUT2D eigenvalue weighted by molar-refractivity contribution is -0.122. The Kier molecular flexibility index (Phi) is 3.41. The Morgan fingerprint density at radius 3 is 2.60 bits per heavy atom. The monoisotopic (exact) mass is 278 g/mol. The van der Waals surface area contributed by atoms with E-state index in [1.807, 2.05) is 33.8 Å². The standard InChI is InChI=1S/C16H23FN2O/c1-14(2,3)19-16(13(18)20)10-15(16,4)9-11-6-5-7-12(17)8-11/h5-8,19H,9-10H2,1-4H3,(H2,18,20)/t15-,16+/m0/s1. The Labute approximate surface area is 119 Å². The number of amides is 1. The van der Waals surface area contributed by atoms with E-state index in [9.17, 15) is 9.18 Å². The summed E-state index contributed by atoms with van der Waals surface area (Å²) < 4.78 is 13.3. The van der Waals surface area contributed by atoms with Crippen LogP contribution in [0.1, 0.15) is 39.7 Å². The first-order chi connectivity index (χ1) is 9.08. The van der Waals surface area contributed by atoms with Crippen LogP contribution in [-0.2, 0) is 11.2 Å². The van der Waals surface area contributed by atoms with Gasteiger partial charge in [0.25, 0.3) is 0 Å². The molecule has 1 amide bonds. The minimum Gasteiger partial charge on any atom is -0.368 e. The first kappa shape index (κ1) is 15.0. The summed E-state index contributed by atoms with van der Waals surface area (Å²) in [7, 11) is 0. The van der Waals surface area contributed by atoms with E-state index in [0.717, 1.165) is 5.56 Å². The summed E-state index contributed by atoms with van der Waals surface area (Å²) in [4.78, 5) is 11.9. The van der Waals surface area contributed by atoms with Crippen molar-refractivity contribution in [2.24, 2.45) is 11.1 Å². The highest BCUT2D eigenvalue weighted by atomic mass is 19.1. The first-order valence-corrected chi connectivity index (χ1v) is 6.92. The van der Waals surface area contributed by atoms with E-state index >= 15 is 0 Å². The second-order valence-electron chi connectivity index (χ2n) is 7.19. The Morgan fingerprint density at radius 1 is 1.45 bits per heavy atom. The summed E-state index contributed by atoms with van der Waals surface area (Å²) in [6.45, 7) is 8.07. The van der Waals surface area contributed by atoms with E-state index in [1.165, 1.54) is 12.1 Å². The van der Waals surface area contributed by atoms with Crippen molar-refractivity contribution in [3.63, 3.8) is 0 Å². The highest BCUT2D eigenvalue weighted by Gasteiger charge is 2.68. The van der Waals surface area contributed by atoms with E-state index in [1.54, 1.807) is 6.07 Å². The van der Waals surface area contributed by atoms with Crippen LogP contribution in [0.5, 0.6) is 0 Å². The van der Waals surface area contributed by atoms with Crippen molar-refractivity contribution in [2.45, 2.75) is 51.6 Å². The van der Waals surface area contributed by atoms with Gasteiger partial charge in [0.05, 0.1) is 0 Å². The van der Waals surface area contributed by atoms with Gasteiger partial charge in [0, 0.05) is 11.0 Å². The number of carbonyl (C=O) groups is 1. The van der Waals surface area contributed by atoms with Crippen LogP contribution in [0.2, 0.25) is 0 Å². The number of hydrogen-bond donors (Lipinski definition) is 2. The number of halogens is 1. The Bertz CT molecular complexity index is 538. The molecule has 1 aliphatic carbocycles. The van der Waals surface area contributed by atoms with Gasteiger partial charge >= 0.3 is 0 Å². The number of nitrogens with one attached hydrogen (secondary N) is 1. The maximum atomic E-state index is 13.3. The Morgan fingerprint density at radius 2 is 2.10 bits per heavy atom. The minimum atomic E-state index is -0.697. The lowest BCUT2D eigenvalue weighted by Gasteiger charge is -2.30. The molecule has 1 aliphatic rings. The third kappa shape index (κ3) is 2.70. The van der Waals surface area contributed by atoms with Crippen LogP contribution in [-0.4, -0.2) is 17.0 Å². The van der Waals surface area contributed by atoms with Crippen LogP contribution in [0, 0.1) is 11.2 Å². The summed E-state index contributed by atoms with van der Waals surface area (Å²) in [5, 5.41) is 3.36. The van der Waals surface area contributed by atoms with Crippen molar-refractivity contribution in [1.82, 2.24) is 5.32 Å². The maximum Gasteiger partial charge on any atom is 0.238 e. The Hall–Kier alpha value is -1.42. The highest BCUT2D eigenvalue weighted by molar-refractivity contribution is 5.90. The Balaban J connectivity index is 2.22. The highest BCUT2D eigenvalue weighted by Crippen LogP contribution is 2.58. The number of primary amides is 1. The molecular formula is C16H23FN2O. The van der Waals surface area contributed by atoms with Gasteiger partial charge in [-0.15, -0.1) is 0 Å². The average Bonchev–Trinajstić information content (AvgIpc) is 2.81. The third-order valence-electron chi connectivity index (χ3n) is 4.05. The lowest BCUT2D eigenvalue weighted by atomic mass is 9.91. The second kappa shape index (κ2) is 4.55. The fourth-order valence-electron chi connectivity index (χ4n) is 3.13. The summed E-state index contributed by atoms with van der Waals surface area (Å²) in [5.74, 6) is -0.577. The first-order valence-electron chi connectivity index (χ1n) is 6.92. The van der Waals surface area contributed by atoms with Crippen LogP contribution < -0.4 is 11.1 Å². The summed E-state index contributed by atoms with van der Waals surface area (Å²) in [6.07, 6.45) is 1.32. The molecule has 0 saturated heterocycles. The number of hydrogen-bond acceptors (Lipinski definition) is 2. The molecule has 110 valence electrons. The quantitative estimate of drug-likeness (QED) is 0.888. The van der Waals surface area contributed by atoms with Gasteiger partial charge in [0.15, 0.2) is 0 Å². The van der Waals surface area contributed by atoms with Crippen molar-refractivity contribution in [3.8, 4) is 0 Å². The zero-order valence-corrected chi connectivity index (χ0v) is 12.6. The molecule has 1 saturated carbocycles. The minimum absolute atomic E-state index is 0.200. The van der Waals surface area contributed by atoms with Crippen molar-refractivity contribution >= 4 is 5.91 Å². The largest absolute Gasteiger partial charge is 0.368 e. The molecule has 4 heteroatoms. The van der Waals surface area contributed by atoms with Gasteiger partial charge in [0.1, 0.15) is 11.4 Å². The van der Waals surface area contributed by atoms with Gasteiger partial charge in [-0.25, -0.2) is 4.39 Å². The zero-order chi connectivity index (χ0) is 15.2. The predicted molar refractivity (Wildman–Crippen MR) is 77.6 cm³/mol. The predicted octanol–water partition coefficient (Wildman–Crippen LogP) is 2.39. The average molecular weight is 278 g/mol. The zero-order valence-electron chi connectivity index (χ0n) is 12.6. The molecule has 1 fully saturated rings. The van der Waals surface area contributed by atoms with Gasteiger partial charge in [-0.3, -0.25) is 10.1 Å². The molecule has 0 spiro atoms. The fourth-order valence-corrected chi connectivity index (χ4v) is 3.13. The van der Waals surface area contributed by atoms with Gasteiger partial charge in [-0.2, -0.15) is 0 Å². The molecule has 0 aromatic heterocycles. The normalized spacial score (nSPS) is 29.2. The summed E-state index contributed by atoms with van der Waals surface area (Å²) in [5.41, 5.74) is 5.36. The van der Waals surface area contributed by atoms with Crippen LogP contribution >= 0.6 is 0 Å². The van der Waals surface area contributed by atoms with Crippen molar-refractivity contribution in [3.05, 3.63) is 35.6 Å². The smallest absolute Gasteiger partial charge is 0.238 e. The molecule has 20 heavy (non-hydrogen) atoms. The van der Waals surface area contributed by atoms with Gasteiger partial charge in [-0.05, 0) is 51.3 Å². The third-order valence-corrected chi connectivity index (χ3v) is 4.05. The van der Waals surface area contributed by atoms with Crippen LogP contribution in [0.15, 0.2) is 24.3 Å².